The number of aliphatic hydroxyl groups is 2. The summed E-state index contributed by atoms with van der Waals surface area (Å²) in [6.07, 6.45) is -2.05. The third-order valence-electron chi connectivity index (χ3n) is 9.57. The molecule has 0 radical (unpaired) electrons. The Kier molecular flexibility index (Phi) is 9.33. The predicted octanol–water partition coefficient (Wildman–Crippen LogP) is 1.99. The van der Waals surface area contributed by atoms with Crippen molar-refractivity contribution in [1.82, 2.24) is 0 Å². The average Bonchev–Trinajstić information content (AvgIpc) is 3.51. The number of carbonyl (C=O) groups is 5. The van der Waals surface area contributed by atoms with Crippen LogP contribution >= 0.6 is 0 Å². The van der Waals surface area contributed by atoms with Crippen LogP contribution in [0.1, 0.15) is 81.1 Å². The SMILES string of the molecule is CCCCCC(=O)O[C@H]1/C(C)=C\[C@@H]2OC(=O)[C@]3(C)O[C@]23[C@@H](OC(C)=O)[C@H]2[C@](C)(O)[C@H](OC(C)=O)C=C[C@]2(C)[C@@H](OC(C)=O)[C@@H]1O. The van der Waals surface area contributed by atoms with Gasteiger partial charge in [-0.25, -0.2) is 4.79 Å². The van der Waals surface area contributed by atoms with Crippen molar-refractivity contribution in [2.45, 2.75) is 135 Å². The van der Waals surface area contributed by atoms with Crippen LogP contribution in [-0.2, 0) is 52.4 Å². The Morgan fingerprint density at radius 3 is 2.09 bits per heavy atom. The van der Waals surface area contributed by atoms with E-state index in [1.807, 2.05) is 6.92 Å². The third-order valence-corrected chi connectivity index (χ3v) is 9.57. The van der Waals surface area contributed by atoms with Crippen molar-refractivity contribution < 1.29 is 62.6 Å². The van der Waals surface area contributed by atoms with Crippen molar-refractivity contribution >= 4 is 29.8 Å². The van der Waals surface area contributed by atoms with Gasteiger partial charge < -0.3 is 38.6 Å². The van der Waals surface area contributed by atoms with Gasteiger partial charge in [0.2, 0.25) is 0 Å². The molecule has 4 aliphatic rings. The minimum Gasteiger partial charge on any atom is -0.459 e. The first-order valence-electron chi connectivity index (χ1n) is 15.3. The Morgan fingerprint density at radius 1 is 0.933 bits per heavy atom. The van der Waals surface area contributed by atoms with E-state index >= 15 is 0 Å². The molecule has 13 nitrogen and oxygen atoms in total. The summed E-state index contributed by atoms with van der Waals surface area (Å²) >= 11 is 0. The molecule has 0 unspecified atom stereocenters. The van der Waals surface area contributed by atoms with Crippen LogP contribution in [0.2, 0.25) is 0 Å². The van der Waals surface area contributed by atoms with E-state index in [0.29, 0.717) is 6.42 Å². The van der Waals surface area contributed by atoms with E-state index in [2.05, 4.69) is 0 Å². The van der Waals surface area contributed by atoms with Crippen LogP contribution in [0.4, 0.5) is 0 Å². The first-order valence-corrected chi connectivity index (χ1v) is 15.3. The molecule has 11 atom stereocenters. The van der Waals surface area contributed by atoms with Crippen molar-refractivity contribution in [2.24, 2.45) is 11.3 Å². The number of hydrogen-bond donors (Lipinski definition) is 2. The molecule has 0 bridgehead atoms. The van der Waals surface area contributed by atoms with Gasteiger partial charge in [0.25, 0.3) is 0 Å². The Labute approximate surface area is 262 Å². The third kappa shape index (κ3) is 5.78. The second-order valence-corrected chi connectivity index (χ2v) is 13.0. The summed E-state index contributed by atoms with van der Waals surface area (Å²) in [4.78, 5) is 63.7. The van der Waals surface area contributed by atoms with Crippen molar-refractivity contribution in [3.63, 3.8) is 0 Å². The van der Waals surface area contributed by atoms with Crippen LogP contribution in [-0.4, -0.2) is 93.5 Å². The molecule has 0 aromatic rings. The molecular weight excluding hydrogens is 592 g/mol. The maximum atomic E-state index is 13.3. The summed E-state index contributed by atoms with van der Waals surface area (Å²) < 4.78 is 34.9. The molecule has 45 heavy (non-hydrogen) atoms. The highest BCUT2D eigenvalue weighted by Gasteiger charge is 2.88. The van der Waals surface area contributed by atoms with Crippen LogP contribution in [0.25, 0.3) is 0 Å². The smallest absolute Gasteiger partial charge is 0.342 e. The van der Waals surface area contributed by atoms with E-state index in [1.54, 1.807) is 13.8 Å². The van der Waals surface area contributed by atoms with E-state index in [4.69, 9.17) is 28.4 Å². The maximum Gasteiger partial charge on any atom is 0.342 e. The minimum absolute atomic E-state index is 0.0687. The fourth-order valence-corrected chi connectivity index (χ4v) is 7.42. The van der Waals surface area contributed by atoms with Crippen LogP contribution in [0, 0.1) is 11.3 Å². The number of esters is 5. The second-order valence-electron chi connectivity index (χ2n) is 13.0. The van der Waals surface area contributed by atoms with Crippen LogP contribution < -0.4 is 0 Å². The number of ether oxygens (including phenoxy) is 6. The molecule has 250 valence electrons. The molecule has 0 amide bonds. The molecule has 0 saturated carbocycles. The van der Waals surface area contributed by atoms with E-state index in [0.717, 1.165) is 33.6 Å². The lowest BCUT2D eigenvalue weighted by atomic mass is 9.55. The van der Waals surface area contributed by atoms with E-state index in [1.165, 1.54) is 32.1 Å². The lowest BCUT2D eigenvalue weighted by Gasteiger charge is -2.55. The maximum absolute atomic E-state index is 13.3. The second kappa shape index (κ2) is 12.1. The lowest BCUT2D eigenvalue weighted by Crippen LogP contribution is -2.69. The first kappa shape index (κ1) is 34.6. The highest BCUT2D eigenvalue weighted by Crippen LogP contribution is 2.65. The number of rotatable bonds is 8. The topological polar surface area (TPSA) is 184 Å². The van der Waals surface area contributed by atoms with Gasteiger partial charge in [-0.1, -0.05) is 32.8 Å². The van der Waals surface area contributed by atoms with Gasteiger partial charge in [-0.3, -0.25) is 19.2 Å². The lowest BCUT2D eigenvalue weighted by molar-refractivity contribution is -0.230. The Bertz CT molecular complexity index is 1300. The fraction of sp³-hybridized carbons (Fsp3) is 0.719. The van der Waals surface area contributed by atoms with Crippen molar-refractivity contribution in [3.05, 3.63) is 23.8 Å². The number of unbranched alkanes of at least 4 members (excludes halogenated alkanes) is 2. The van der Waals surface area contributed by atoms with Crippen LogP contribution in [0.5, 0.6) is 0 Å². The highest BCUT2D eigenvalue weighted by molar-refractivity contribution is 5.89. The minimum atomic E-state index is -2.09. The van der Waals surface area contributed by atoms with Gasteiger partial charge in [0.15, 0.2) is 23.4 Å². The summed E-state index contributed by atoms with van der Waals surface area (Å²) in [6.45, 7) is 11.4. The van der Waals surface area contributed by atoms with Crippen LogP contribution in [0.3, 0.4) is 0 Å². The predicted molar refractivity (Wildman–Crippen MR) is 154 cm³/mol. The Hall–Kier alpha value is -3.29. The first-order chi connectivity index (χ1) is 20.9. The molecule has 0 aromatic carbocycles. The summed E-state index contributed by atoms with van der Waals surface area (Å²) in [7, 11) is 0. The summed E-state index contributed by atoms with van der Waals surface area (Å²) in [6, 6.07) is 0. The Balaban J connectivity index is 2.01. The molecule has 2 aliphatic carbocycles. The standard InChI is InChI=1S/C32H44O13/c1-9-10-11-12-22(36)44-24-16(2)15-21-32(31(8,45-32)28(38)43-21)27(42-19(5)35)25-29(6,26(23(24)37)41-18(4)34)14-13-20(30(25,7)39)40-17(3)33/h13-15,20-21,23-27,37,39H,9-12H2,1-8H3/b16-15-/t20-,21+,23-,24+,25-,26+,27+,29+,30-,31+,32+/m1/s1. The van der Waals surface area contributed by atoms with Gasteiger partial charge in [-0.15, -0.1) is 0 Å². The molecule has 1 spiro atoms. The van der Waals surface area contributed by atoms with E-state index in [-0.39, 0.29) is 12.0 Å². The zero-order chi connectivity index (χ0) is 33.7. The zero-order valence-electron chi connectivity index (χ0n) is 27.0. The summed E-state index contributed by atoms with van der Waals surface area (Å²) in [5.41, 5.74) is -6.81. The Morgan fingerprint density at radius 2 is 1.53 bits per heavy atom. The molecule has 2 N–H and O–H groups in total. The molecule has 2 fully saturated rings. The molecule has 13 heteroatoms. The number of fused-ring (bicyclic) bond motifs is 1. The largest absolute Gasteiger partial charge is 0.459 e. The van der Waals surface area contributed by atoms with E-state index < -0.39 is 94.6 Å². The average molecular weight is 637 g/mol. The normalized spacial score (nSPS) is 42.8. The quantitative estimate of drug-likeness (QED) is 0.130. The van der Waals surface area contributed by atoms with Gasteiger partial charge in [0, 0.05) is 38.5 Å². The van der Waals surface area contributed by atoms with Gasteiger partial charge in [0.1, 0.15) is 30.0 Å². The number of hydrogen-bond acceptors (Lipinski definition) is 13. The highest BCUT2D eigenvalue weighted by atomic mass is 16.7. The van der Waals surface area contributed by atoms with Gasteiger partial charge in [-0.2, -0.15) is 0 Å². The van der Waals surface area contributed by atoms with Crippen molar-refractivity contribution in [2.75, 3.05) is 0 Å². The molecule has 2 saturated heterocycles. The molecule has 4 rings (SSSR count). The van der Waals surface area contributed by atoms with Gasteiger partial charge >= 0.3 is 29.8 Å². The van der Waals surface area contributed by atoms with Gasteiger partial charge in [-0.05, 0) is 44.9 Å². The van der Waals surface area contributed by atoms with E-state index in [9.17, 15) is 34.2 Å². The summed E-state index contributed by atoms with van der Waals surface area (Å²) in [5, 5.41) is 24.3. The number of aliphatic hydroxyl groups excluding tert-OH is 1. The number of epoxide rings is 1. The molecular formula is C32H44O13. The van der Waals surface area contributed by atoms with Gasteiger partial charge in [0.05, 0.1) is 0 Å². The van der Waals surface area contributed by atoms with Crippen LogP contribution in [0.15, 0.2) is 23.8 Å². The summed E-state index contributed by atoms with van der Waals surface area (Å²) in [5.74, 6) is -5.05. The molecule has 2 aliphatic heterocycles. The molecule has 0 aromatic heterocycles. The molecule has 2 heterocycles. The number of carbonyl (C=O) groups excluding carboxylic acids is 5. The fourth-order valence-electron chi connectivity index (χ4n) is 7.42. The monoisotopic (exact) mass is 636 g/mol. The zero-order valence-corrected chi connectivity index (χ0v) is 27.0. The van der Waals surface area contributed by atoms with Crippen molar-refractivity contribution in [1.29, 1.82) is 0 Å². The van der Waals surface area contributed by atoms with Crippen molar-refractivity contribution in [3.8, 4) is 0 Å².